The Balaban J connectivity index is 2.61. The highest BCUT2D eigenvalue weighted by Crippen LogP contribution is 2.24. The highest BCUT2D eigenvalue weighted by Gasteiger charge is 2.16. The van der Waals surface area contributed by atoms with Crippen LogP contribution in [0.15, 0.2) is 24.3 Å². The fourth-order valence-corrected chi connectivity index (χ4v) is 2.11. The molecule has 0 aliphatic carbocycles. The first-order valence-electron chi connectivity index (χ1n) is 7.03. The smallest absolute Gasteiger partial charge is 0.222 e. The van der Waals surface area contributed by atoms with E-state index in [4.69, 9.17) is 0 Å². The summed E-state index contributed by atoms with van der Waals surface area (Å²) in [6, 6.07) is 8.52. The Bertz CT molecular complexity index is 386. The lowest BCUT2D eigenvalue weighted by Gasteiger charge is -2.21. The van der Waals surface area contributed by atoms with Crippen LogP contribution in [0.25, 0.3) is 0 Å². The lowest BCUT2D eigenvalue weighted by molar-refractivity contribution is -0.130. The number of benzene rings is 1. The van der Waals surface area contributed by atoms with Crippen LogP contribution in [0.4, 0.5) is 0 Å². The standard InChI is InChI=1S/C16H26N2O/c1-5-14(15-8-6-13(2)7-9-15)12-16(19)18(4)11-10-17-3/h6-9,14,17H,5,10-12H2,1-4H3. The highest BCUT2D eigenvalue weighted by atomic mass is 16.2. The third-order valence-electron chi connectivity index (χ3n) is 3.59. The molecule has 0 fully saturated rings. The first-order valence-corrected chi connectivity index (χ1v) is 7.03. The second kappa shape index (κ2) is 7.95. The van der Waals surface area contributed by atoms with E-state index >= 15 is 0 Å². The number of nitrogens with one attached hydrogen (secondary N) is 1. The van der Waals surface area contributed by atoms with Gasteiger partial charge in [-0.25, -0.2) is 0 Å². The van der Waals surface area contributed by atoms with E-state index in [1.807, 2.05) is 19.0 Å². The van der Waals surface area contributed by atoms with Gasteiger partial charge in [0.05, 0.1) is 0 Å². The van der Waals surface area contributed by atoms with Crippen molar-refractivity contribution in [1.82, 2.24) is 10.2 Å². The number of carbonyl (C=O) groups is 1. The second-order valence-corrected chi connectivity index (χ2v) is 5.14. The maximum atomic E-state index is 12.2. The summed E-state index contributed by atoms with van der Waals surface area (Å²) in [7, 11) is 3.78. The van der Waals surface area contributed by atoms with Gasteiger partial charge in [0.25, 0.3) is 0 Å². The maximum absolute atomic E-state index is 12.2. The van der Waals surface area contributed by atoms with Crippen LogP contribution in [-0.4, -0.2) is 38.0 Å². The fourth-order valence-electron chi connectivity index (χ4n) is 2.11. The van der Waals surface area contributed by atoms with Crippen molar-refractivity contribution >= 4 is 5.91 Å². The Morgan fingerprint density at radius 2 is 1.95 bits per heavy atom. The quantitative estimate of drug-likeness (QED) is 0.819. The monoisotopic (exact) mass is 262 g/mol. The van der Waals surface area contributed by atoms with Gasteiger partial charge < -0.3 is 10.2 Å². The molecule has 0 saturated heterocycles. The number of amides is 1. The third kappa shape index (κ3) is 5.03. The number of aryl methyl sites for hydroxylation is 1. The predicted octanol–water partition coefficient (Wildman–Crippen LogP) is 2.56. The largest absolute Gasteiger partial charge is 0.344 e. The molecule has 0 saturated carbocycles. The molecule has 1 N–H and O–H groups in total. The Labute approximate surface area is 117 Å². The minimum absolute atomic E-state index is 0.225. The van der Waals surface area contributed by atoms with Crippen LogP contribution in [0, 0.1) is 6.92 Å². The average molecular weight is 262 g/mol. The van der Waals surface area contributed by atoms with Crippen LogP contribution in [0.3, 0.4) is 0 Å². The molecule has 0 spiro atoms. The molecule has 1 aromatic rings. The fraction of sp³-hybridized carbons (Fsp3) is 0.562. The van der Waals surface area contributed by atoms with E-state index in [0.29, 0.717) is 12.3 Å². The maximum Gasteiger partial charge on any atom is 0.222 e. The van der Waals surface area contributed by atoms with Crippen LogP contribution in [0.1, 0.15) is 36.8 Å². The van der Waals surface area contributed by atoms with E-state index < -0.39 is 0 Å². The Kier molecular flexibility index (Phi) is 6.57. The number of carbonyl (C=O) groups excluding carboxylic acids is 1. The van der Waals surface area contributed by atoms with Gasteiger partial charge in [-0.15, -0.1) is 0 Å². The second-order valence-electron chi connectivity index (χ2n) is 5.14. The van der Waals surface area contributed by atoms with E-state index in [9.17, 15) is 4.79 Å². The van der Waals surface area contributed by atoms with Gasteiger partial charge in [0.1, 0.15) is 0 Å². The predicted molar refractivity (Wildman–Crippen MR) is 80.4 cm³/mol. The summed E-state index contributed by atoms with van der Waals surface area (Å²) in [4.78, 5) is 14.0. The van der Waals surface area contributed by atoms with Gasteiger partial charge in [-0.3, -0.25) is 4.79 Å². The number of hydrogen-bond donors (Lipinski definition) is 1. The average Bonchev–Trinajstić information content (AvgIpc) is 2.42. The van der Waals surface area contributed by atoms with Crippen LogP contribution in [0.2, 0.25) is 0 Å². The van der Waals surface area contributed by atoms with Gasteiger partial charge in [0, 0.05) is 26.6 Å². The summed E-state index contributed by atoms with van der Waals surface area (Å²) in [5, 5.41) is 3.06. The summed E-state index contributed by atoms with van der Waals surface area (Å²) in [6.07, 6.45) is 1.59. The van der Waals surface area contributed by atoms with Crippen molar-refractivity contribution in [2.24, 2.45) is 0 Å². The van der Waals surface area contributed by atoms with Crippen LogP contribution in [0.5, 0.6) is 0 Å². The topological polar surface area (TPSA) is 32.3 Å². The summed E-state index contributed by atoms with van der Waals surface area (Å²) >= 11 is 0. The highest BCUT2D eigenvalue weighted by molar-refractivity contribution is 5.76. The SMILES string of the molecule is CCC(CC(=O)N(C)CCNC)c1ccc(C)cc1. The van der Waals surface area contributed by atoms with Gasteiger partial charge in [-0.1, -0.05) is 36.8 Å². The van der Waals surface area contributed by atoms with E-state index in [0.717, 1.165) is 19.5 Å². The van der Waals surface area contributed by atoms with Crippen molar-refractivity contribution in [2.75, 3.05) is 27.2 Å². The molecule has 106 valence electrons. The van der Waals surface area contributed by atoms with Gasteiger partial charge in [0.2, 0.25) is 5.91 Å². The normalized spacial score (nSPS) is 12.2. The van der Waals surface area contributed by atoms with E-state index in [1.165, 1.54) is 11.1 Å². The lowest BCUT2D eigenvalue weighted by Crippen LogP contribution is -2.33. The third-order valence-corrected chi connectivity index (χ3v) is 3.59. The van der Waals surface area contributed by atoms with Crippen molar-refractivity contribution < 1.29 is 4.79 Å². The minimum Gasteiger partial charge on any atom is -0.344 e. The Morgan fingerprint density at radius 3 is 2.47 bits per heavy atom. The zero-order valence-electron chi connectivity index (χ0n) is 12.6. The molecule has 19 heavy (non-hydrogen) atoms. The molecule has 3 nitrogen and oxygen atoms in total. The van der Waals surface area contributed by atoms with Crippen LogP contribution < -0.4 is 5.32 Å². The molecule has 0 bridgehead atoms. The molecular formula is C16H26N2O. The van der Waals surface area contributed by atoms with E-state index in [2.05, 4.69) is 43.4 Å². The molecule has 1 unspecified atom stereocenters. The first kappa shape index (κ1) is 15.7. The molecule has 0 aromatic heterocycles. The van der Waals surface area contributed by atoms with Gasteiger partial charge in [-0.2, -0.15) is 0 Å². The van der Waals surface area contributed by atoms with E-state index in [-0.39, 0.29) is 5.91 Å². The summed E-state index contributed by atoms with van der Waals surface area (Å²) < 4.78 is 0. The molecule has 0 aliphatic heterocycles. The van der Waals surface area contributed by atoms with Gasteiger partial charge >= 0.3 is 0 Å². The zero-order chi connectivity index (χ0) is 14.3. The first-order chi connectivity index (χ1) is 9.08. The summed E-state index contributed by atoms with van der Waals surface area (Å²) in [6.45, 7) is 5.83. The van der Waals surface area contributed by atoms with E-state index in [1.54, 1.807) is 0 Å². The van der Waals surface area contributed by atoms with Crippen molar-refractivity contribution in [3.8, 4) is 0 Å². The molecule has 1 aromatic carbocycles. The van der Waals surface area contributed by atoms with Gasteiger partial charge in [0.15, 0.2) is 0 Å². The Hall–Kier alpha value is -1.35. The van der Waals surface area contributed by atoms with Crippen LogP contribution in [-0.2, 0) is 4.79 Å². The molecule has 0 aliphatic rings. The summed E-state index contributed by atoms with van der Waals surface area (Å²) in [5.74, 6) is 0.549. The number of rotatable bonds is 7. The number of likely N-dealkylation sites (N-methyl/N-ethyl adjacent to an activating group) is 2. The molecule has 1 rings (SSSR count). The van der Waals surface area contributed by atoms with Crippen molar-refractivity contribution in [3.05, 3.63) is 35.4 Å². The minimum atomic E-state index is 0.225. The molecule has 1 amide bonds. The van der Waals surface area contributed by atoms with Crippen LogP contribution >= 0.6 is 0 Å². The molecule has 1 atom stereocenters. The van der Waals surface area contributed by atoms with Crippen molar-refractivity contribution in [3.63, 3.8) is 0 Å². The Morgan fingerprint density at radius 1 is 1.32 bits per heavy atom. The zero-order valence-corrected chi connectivity index (χ0v) is 12.6. The number of hydrogen-bond acceptors (Lipinski definition) is 2. The lowest BCUT2D eigenvalue weighted by atomic mass is 9.92. The van der Waals surface area contributed by atoms with Gasteiger partial charge in [-0.05, 0) is 31.9 Å². The van der Waals surface area contributed by atoms with Crippen molar-refractivity contribution in [1.29, 1.82) is 0 Å². The molecular weight excluding hydrogens is 236 g/mol. The molecule has 3 heteroatoms. The number of nitrogens with zero attached hydrogens (tertiary/aromatic N) is 1. The molecule has 0 heterocycles. The molecule has 0 radical (unpaired) electrons. The summed E-state index contributed by atoms with van der Waals surface area (Å²) in [5.41, 5.74) is 2.53. The van der Waals surface area contributed by atoms with Crippen molar-refractivity contribution in [2.45, 2.75) is 32.6 Å².